The fourth-order valence-corrected chi connectivity index (χ4v) is 4.70. The topological polar surface area (TPSA) is 111 Å². The molecule has 9 heteroatoms. The first-order chi connectivity index (χ1) is 15.5. The number of hydrogen-bond acceptors (Lipinski definition) is 8. The highest BCUT2D eigenvalue weighted by molar-refractivity contribution is 6.32. The van der Waals surface area contributed by atoms with Gasteiger partial charge in [0.1, 0.15) is 5.92 Å². The van der Waals surface area contributed by atoms with Crippen molar-refractivity contribution < 1.29 is 33.7 Å². The molecule has 33 heavy (non-hydrogen) atoms. The first-order valence-electron chi connectivity index (χ1n) is 10.6. The number of phenolic OH excluding ortho intramolecular Hbond substituents is 1. The van der Waals surface area contributed by atoms with E-state index in [1.165, 1.54) is 26.4 Å². The molecule has 0 saturated carbocycles. The third-order valence-corrected chi connectivity index (χ3v) is 6.20. The lowest BCUT2D eigenvalue weighted by Gasteiger charge is -2.38. The molecule has 2 aliphatic rings. The van der Waals surface area contributed by atoms with E-state index >= 15 is 0 Å². The van der Waals surface area contributed by atoms with Crippen LogP contribution in [0, 0.1) is 11.8 Å². The lowest BCUT2D eigenvalue weighted by atomic mass is 9.69. The van der Waals surface area contributed by atoms with Gasteiger partial charge in [-0.1, -0.05) is 18.5 Å². The SMILES string of the molecule is COC(=O)[C@@H]1C(=O)C2=C(C[C@@H]1C)NC(C)=C(C(=O)OC(C)C)[C@H]2c1cc(Cl)c(O)c(OC)c1. The first kappa shape index (κ1) is 24.6. The number of ether oxygens (including phenoxy) is 3. The molecule has 1 aliphatic carbocycles. The van der Waals surface area contributed by atoms with Gasteiger partial charge in [0.2, 0.25) is 0 Å². The number of carbonyl (C=O) groups is 3. The maximum atomic E-state index is 13.7. The van der Waals surface area contributed by atoms with Gasteiger partial charge in [-0.15, -0.1) is 0 Å². The number of aromatic hydroxyl groups is 1. The van der Waals surface area contributed by atoms with Crippen molar-refractivity contribution in [1.29, 1.82) is 0 Å². The highest BCUT2D eigenvalue weighted by Crippen LogP contribution is 2.48. The first-order valence-corrected chi connectivity index (χ1v) is 11.0. The molecule has 178 valence electrons. The molecule has 3 rings (SSSR count). The van der Waals surface area contributed by atoms with Crippen molar-refractivity contribution in [3.63, 3.8) is 0 Å². The van der Waals surface area contributed by atoms with Crippen LogP contribution in [0.4, 0.5) is 0 Å². The summed E-state index contributed by atoms with van der Waals surface area (Å²) in [5.74, 6) is -4.01. The standard InChI is InChI=1S/C24H28ClNO7/c1-10(2)33-24(30)18-12(4)26-15-7-11(3)17(23(29)32-6)22(28)20(15)19(18)13-8-14(25)21(27)16(9-13)31-5/h8-11,17,19,26-27H,7H2,1-6H3/t11-,17-,19+/m0/s1. The second-order valence-corrected chi connectivity index (χ2v) is 8.95. The fraction of sp³-hybridized carbons (Fsp3) is 0.458. The van der Waals surface area contributed by atoms with Gasteiger partial charge in [0.25, 0.3) is 0 Å². The Kier molecular flexibility index (Phi) is 7.07. The second-order valence-electron chi connectivity index (χ2n) is 8.54. The molecule has 0 aromatic heterocycles. The highest BCUT2D eigenvalue weighted by Gasteiger charge is 2.47. The summed E-state index contributed by atoms with van der Waals surface area (Å²) in [7, 11) is 2.61. The van der Waals surface area contributed by atoms with Gasteiger partial charge in [-0.2, -0.15) is 0 Å². The van der Waals surface area contributed by atoms with Crippen molar-refractivity contribution in [1.82, 2.24) is 5.32 Å². The molecule has 1 aliphatic heterocycles. The molecular weight excluding hydrogens is 450 g/mol. The molecule has 0 unspecified atom stereocenters. The molecule has 8 nitrogen and oxygen atoms in total. The largest absolute Gasteiger partial charge is 0.503 e. The quantitative estimate of drug-likeness (QED) is 0.488. The third-order valence-electron chi connectivity index (χ3n) is 5.91. The number of phenols is 1. The van der Waals surface area contributed by atoms with Gasteiger partial charge in [-0.25, -0.2) is 4.79 Å². The van der Waals surface area contributed by atoms with E-state index in [1.54, 1.807) is 20.8 Å². The van der Waals surface area contributed by atoms with Crippen LogP contribution < -0.4 is 10.1 Å². The van der Waals surface area contributed by atoms with E-state index in [0.29, 0.717) is 23.4 Å². The van der Waals surface area contributed by atoms with Crippen LogP contribution in [0.15, 0.2) is 34.7 Å². The van der Waals surface area contributed by atoms with Crippen molar-refractivity contribution in [2.24, 2.45) is 11.8 Å². The maximum Gasteiger partial charge on any atom is 0.337 e. The number of allylic oxidation sites excluding steroid dienone is 3. The molecule has 0 saturated heterocycles. The summed E-state index contributed by atoms with van der Waals surface area (Å²) in [4.78, 5) is 39.3. The van der Waals surface area contributed by atoms with E-state index < -0.39 is 35.7 Å². The van der Waals surface area contributed by atoms with Gasteiger partial charge in [-0.05, 0) is 50.8 Å². The van der Waals surface area contributed by atoms with E-state index in [9.17, 15) is 19.5 Å². The predicted molar refractivity (Wildman–Crippen MR) is 121 cm³/mol. The van der Waals surface area contributed by atoms with Crippen molar-refractivity contribution in [3.05, 3.63) is 45.3 Å². The van der Waals surface area contributed by atoms with Crippen molar-refractivity contribution in [2.75, 3.05) is 14.2 Å². The molecular formula is C24H28ClNO7. The van der Waals surface area contributed by atoms with Crippen LogP contribution in [0.1, 0.15) is 45.6 Å². The van der Waals surface area contributed by atoms with E-state index in [1.807, 2.05) is 6.92 Å². The van der Waals surface area contributed by atoms with Crippen LogP contribution in [-0.4, -0.2) is 43.2 Å². The third kappa shape index (κ3) is 4.44. The number of esters is 2. The van der Waals surface area contributed by atoms with Crippen LogP contribution in [0.2, 0.25) is 5.02 Å². The second kappa shape index (κ2) is 9.47. The van der Waals surface area contributed by atoms with E-state index in [4.69, 9.17) is 25.8 Å². The average Bonchev–Trinajstić information content (AvgIpc) is 2.73. The van der Waals surface area contributed by atoms with Crippen LogP contribution in [0.25, 0.3) is 0 Å². The molecule has 1 aromatic carbocycles. The predicted octanol–water partition coefficient (Wildman–Crippen LogP) is 3.62. The molecule has 2 N–H and O–H groups in total. The van der Waals surface area contributed by atoms with Crippen molar-refractivity contribution >= 4 is 29.3 Å². The number of ketones is 1. The molecule has 1 aromatic rings. The monoisotopic (exact) mass is 477 g/mol. The van der Waals surface area contributed by atoms with Gasteiger partial charge >= 0.3 is 11.9 Å². The Hall–Kier alpha value is -3.00. The number of methoxy groups -OCH3 is 2. The Bertz CT molecular complexity index is 1070. The Morgan fingerprint density at radius 1 is 1.24 bits per heavy atom. The summed E-state index contributed by atoms with van der Waals surface area (Å²) in [5, 5.41) is 13.4. The lowest BCUT2D eigenvalue weighted by Crippen LogP contribution is -2.43. The van der Waals surface area contributed by atoms with Gasteiger partial charge in [0.05, 0.1) is 30.9 Å². The molecule has 0 fully saturated rings. The number of dihydropyridines is 1. The van der Waals surface area contributed by atoms with Crippen LogP contribution in [-0.2, 0) is 23.9 Å². The zero-order valence-corrected chi connectivity index (χ0v) is 20.2. The van der Waals surface area contributed by atoms with Gasteiger partial charge < -0.3 is 24.6 Å². The van der Waals surface area contributed by atoms with Crippen LogP contribution in [0.5, 0.6) is 11.5 Å². The normalized spacial score (nSPS) is 22.7. The van der Waals surface area contributed by atoms with Crippen LogP contribution >= 0.6 is 11.6 Å². The van der Waals surface area contributed by atoms with Crippen molar-refractivity contribution in [3.8, 4) is 11.5 Å². The van der Waals surface area contributed by atoms with Gasteiger partial charge in [-0.3, -0.25) is 9.59 Å². The number of hydrogen-bond donors (Lipinski definition) is 2. The minimum absolute atomic E-state index is 0.000377. The molecule has 0 radical (unpaired) electrons. The van der Waals surface area contributed by atoms with Crippen molar-refractivity contribution in [2.45, 2.75) is 46.1 Å². The summed E-state index contributed by atoms with van der Waals surface area (Å²) in [6, 6.07) is 3.00. The summed E-state index contributed by atoms with van der Waals surface area (Å²) in [5.41, 5.74) is 2.10. The lowest BCUT2D eigenvalue weighted by molar-refractivity contribution is -0.151. The van der Waals surface area contributed by atoms with Crippen LogP contribution in [0.3, 0.4) is 0 Å². The van der Waals surface area contributed by atoms with Gasteiger partial charge in [0, 0.05) is 22.9 Å². The molecule has 3 atom stereocenters. The van der Waals surface area contributed by atoms with Gasteiger partial charge in [0.15, 0.2) is 17.3 Å². The minimum atomic E-state index is -1.01. The van der Waals surface area contributed by atoms with E-state index in [2.05, 4.69) is 5.32 Å². The number of Topliss-reactive ketones (excluding diaryl/α,β-unsaturated/α-hetero) is 1. The maximum absolute atomic E-state index is 13.7. The number of nitrogens with one attached hydrogen (secondary N) is 1. The summed E-state index contributed by atoms with van der Waals surface area (Å²) >= 11 is 6.25. The number of halogens is 1. The fourth-order valence-electron chi connectivity index (χ4n) is 4.48. The zero-order chi connectivity index (χ0) is 24.6. The number of benzene rings is 1. The summed E-state index contributed by atoms with van der Waals surface area (Å²) < 4.78 is 15.6. The zero-order valence-electron chi connectivity index (χ0n) is 19.4. The molecule has 0 amide bonds. The smallest absolute Gasteiger partial charge is 0.337 e. The highest BCUT2D eigenvalue weighted by atomic mass is 35.5. The Morgan fingerprint density at radius 3 is 2.48 bits per heavy atom. The Balaban J connectivity index is 2.26. The molecule has 0 spiro atoms. The summed E-state index contributed by atoms with van der Waals surface area (Å²) in [6.45, 7) is 6.99. The summed E-state index contributed by atoms with van der Waals surface area (Å²) in [6.07, 6.45) is 0.0149. The Labute approximate surface area is 197 Å². The number of carbonyl (C=O) groups excluding carboxylic acids is 3. The average molecular weight is 478 g/mol. The number of rotatable bonds is 5. The minimum Gasteiger partial charge on any atom is -0.503 e. The molecule has 0 bridgehead atoms. The van der Waals surface area contributed by atoms with E-state index in [0.717, 1.165) is 0 Å². The Morgan fingerprint density at radius 2 is 1.91 bits per heavy atom. The van der Waals surface area contributed by atoms with E-state index in [-0.39, 0.29) is 33.6 Å². The molecule has 1 heterocycles.